The molecule has 1 aliphatic carbocycles. The lowest BCUT2D eigenvalue weighted by molar-refractivity contribution is -0.133. The second kappa shape index (κ2) is 7.88. The van der Waals surface area contributed by atoms with Crippen LogP contribution in [0.15, 0.2) is 24.4 Å². The van der Waals surface area contributed by atoms with Gasteiger partial charge in [0.1, 0.15) is 0 Å². The smallest absolute Gasteiger partial charge is 0.222 e. The predicted molar refractivity (Wildman–Crippen MR) is 89.0 cm³/mol. The maximum absolute atomic E-state index is 12.3. The highest BCUT2D eigenvalue weighted by Gasteiger charge is 2.33. The van der Waals surface area contributed by atoms with Crippen molar-refractivity contribution in [1.29, 1.82) is 0 Å². The van der Waals surface area contributed by atoms with Crippen LogP contribution < -0.4 is 0 Å². The number of pyridine rings is 1. The quantitative estimate of drug-likeness (QED) is 0.893. The molecule has 2 aliphatic rings. The maximum atomic E-state index is 12.3. The number of hydrogen-bond acceptors (Lipinski definition) is 4. The van der Waals surface area contributed by atoms with Gasteiger partial charge in [-0.1, -0.05) is 6.07 Å². The molecule has 1 aliphatic heterocycles. The van der Waals surface area contributed by atoms with Gasteiger partial charge < -0.3 is 10.0 Å². The van der Waals surface area contributed by atoms with E-state index in [0.29, 0.717) is 12.5 Å². The highest BCUT2D eigenvalue weighted by molar-refractivity contribution is 5.76. The number of hydrogen-bond donors (Lipinski definition) is 1. The fourth-order valence-electron chi connectivity index (χ4n) is 3.77. The Labute approximate surface area is 138 Å². The molecule has 23 heavy (non-hydrogen) atoms. The Morgan fingerprint density at radius 3 is 2.70 bits per heavy atom. The van der Waals surface area contributed by atoms with Crippen molar-refractivity contribution in [3.8, 4) is 0 Å². The Hall–Kier alpha value is -1.46. The van der Waals surface area contributed by atoms with Gasteiger partial charge >= 0.3 is 0 Å². The van der Waals surface area contributed by atoms with Crippen molar-refractivity contribution in [2.24, 2.45) is 0 Å². The van der Waals surface area contributed by atoms with Crippen molar-refractivity contribution in [2.45, 2.75) is 50.7 Å². The highest BCUT2D eigenvalue weighted by Crippen LogP contribution is 2.25. The third kappa shape index (κ3) is 4.30. The largest absolute Gasteiger partial charge is 0.391 e. The third-order valence-electron chi connectivity index (χ3n) is 5.13. The Kier molecular flexibility index (Phi) is 5.62. The van der Waals surface area contributed by atoms with Crippen LogP contribution in [0.3, 0.4) is 0 Å². The molecule has 3 rings (SSSR count). The van der Waals surface area contributed by atoms with Crippen LogP contribution >= 0.6 is 0 Å². The molecule has 5 nitrogen and oxygen atoms in total. The maximum Gasteiger partial charge on any atom is 0.222 e. The first kappa shape index (κ1) is 16.4. The first-order valence-electron chi connectivity index (χ1n) is 8.84. The van der Waals surface area contributed by atoms with Crippen molar-refractivity contribution >= 4 is 5.91 Å². The molecule has 1 saturated carbocycles. The van der Waals surface area contributed by atoms with Gasteiger partial charge in [-0.15, -0.1) is 0 Å². The lowest BCUT2D eigenvalue weighted by Gasteiger charge is -2.39. The fourth-order valence-corrected chi connectivity index (χ4v) is 3.77. The van der Waals surface area contributed by atoms with Gasteiger partial charge in [-0.05, 0) is 44.2 Å². The molecule has 1 aromatic heterocycles. The Morgan fingerprint density at radius 1 is 1.22 bits per heavy atom. The number of amides is 1. The van der Waals surface area contributed by atoms with Crippen LogP contribution in [-0.2, 0) is 11.2 Å². The van der Waals surface area contributed by atoms with E-state index >= 15 is 0 Å². The average Bonchev–Trinajstić information content (AvgIpc) is 3.02. The van der Waals surface area contributed by atoms with Gasteiger partial charge in [-0.25, -0.2) is 0 Å². The van der Waals surface area contributed by atoms with Gasteiger partial charge in [0.2, 0.25) is 5.91 Å². The van der Waals surface area contributed by atoms with Gasteiger partial charge in [0, 0.05) is 50.5 Å². The fraction of sp³-hybridized carbons (Fsp3) is 0.667. The Morgan fingerprint density at radius 2 is 2.04 bits per heavy atom. The van der Waals surface area contributed by atoms with Crippen molar-refractivity contribution < 1.29 is 9.90 Å². The van der Waals surface area contributed by atoms with E-state index in [4.69, 9.17) is 0 Å². The van der Waals surface area contributed by atoms with Crippen molar-refractivity contribution in [3.05, 3.63) is 30.1 Å². The molecule has 1 amide bonds. The van der Waals surface area contributed by atoms with Crippen LogP contribution in [-0.4, -0.2) is 64.1 Å². The summed E-state index contributed by atoms with van der Waals surface area (Å²) >= 11 is 0. The monoisotopic (exact) mass is 317 g/mol. The van der Waals surface area contributed by atoms with E-state index in [9.17, 15) is 9.90 Å². The minimum absolute atomic E-state index is 0.171. The molecule has 0 radical (unpaired) electrons. The topological polar surface area (TPSA) is 56.7 Å². The summed E-state index contributed by atoms with van der Waals surface area (Å²) in [6.07, 6.45) is 7.10. The van der Waals surface area contributed by atoms with Gasteiger partial charge in [-0.2, -0.15) is 0 Å². The standard InChI is InChI=1S/C18H27N3O2/c22-17-8-4-7-16(17)20-11-13-21(14-12-20)18(23)9-3-6-15-5-1-2-10-19-15/h1-2,5,10,16-17,22H,3-4,6-9,11-14H2/t16-,17+/m1/s1. The normalized spacial score (nSPS) is 25.7. The first-order chi connectivity index (χ1) is 11.2. The van der Waals surface area contributed by atoms with Gasteiger partial charge in [0.05, 0.1) is 6.10 Å². The molecule has 1 saturated heterocycles. The minimum Gasteiger partial charge on any atom is -0.391 e. The van der Waals surface area contributed by atoms with Crippen molar-refractivity contribution in [3.63, 3.8) is 0 Å². The SMILES string of the molecule is O=C(CCCc1ccccn1)N1CCN([C@@H]2CCC[C@@H]2O)CC1. The van der Waals surface area contributed by atoms with Gasteiger partial charge in [0.25, 0.3) is 0 Å². The number of nitrogens with zero attached hydrogens (tertiary/aromatic N) is 3. The van der Waals surface area contributed by atoms with Crippen molar-refractivity contribution in [2.75, 3.05) is 26.2 Å². The molecule has 1 aromatic rings. The van der Waals surface area contributed by atoms with E-state index in [1.807, 2.05) is 23.1 Å². The number of piperazine rings is 1. The van der Waals surface area contributed by atoms with Crippen LogP contribution in [0.1, 0.15) is 37.8 Å². The highest BCUT2D eigenvalue weighted by atomic mass is 16.3. The first-order valence-corrected chi connectivity index (χ1v) is 8.84. The van der Waals surface area contributed by atoms with E-state index in [0.717, 1.165) is 64.0 Å². The molecule has 0 bridgehead atoms. The molecule has 1 N–H and O–H groups in total. The number of aliphatic hydroxyl groups excluding tert-OH is 1. The molecule has 0 aromatic carbocycles. The van der Waals surface area contributed by atoms with E-state index in [1.165, 1.54) is 0 Å². The van der Waals surface area contributed by atoms with E-state index in [1.54, 1.807) is 6.20 Å². The van der Waals surface area contributed by atoms with E-state index in [2.05, 4.69) is 9.88 Å². The minimum atomic E-state index is -0.171. The summed E-state index contributed by atoms with van der Waals surface area (Å²) in [5.74, 6) is 0.257. The summed E-state index contributed by atoms with van der Waals surface area (Å²) in [5.41, 5.74) is 1.06. The van der Waals surface area contributed by atoms with Crippen LogP contribution in [0.5, 0.6) is 0 Å². The predicted octanol–water partition coefficient (Wildman–Crippen LogP) is 1.46. The van der Waals surface area contributed by atoms with Gasteiger partial charge in [0.15, 0.2) is 0 Å². The van der Waals surface area contributed by atoms with E-state index in [-0.39, 0.29) is 12.0 Å². The number of aryl methyl sites for hydroxylation is 1. The molecule has 0 unspecified atom stereocenters. The summed E-state index contributed by atoms with van der Waals surface area (Å²) in [6, 6.07) is 6.23. The molecule has 2 atom stereocenters. The van der Waals surface area contributed by atoms with Gasteiger partial charge in [-0.3, -0.25) is 14.7 Å². The third-order valence-corrected chi connectivity index (χ3v) is 5.13. The lowest BCUT2D eigenvalue weighted by Crippen LogP contribution is -2.53. The van der Waals surface area contributed by atoms with Crippen LogP contribution in [0.2, 0.25) is 0 Å². The molecule has 2 fully saturated rings. The number of aliphatic hydroxyl groups is 1. The summed E-state index contributed by atoms with van der Waals surface area (Å²) in [4.78, 5) is 21.0. The second-order valence-corrected chi connectivity index (χ2v) is 6.66. The summed E-state index contributed by atoms with van der Waals surface area (Å²) < 4.78 is 0. The number of rotatable bonds is 5. The molecule has 126 valence electrons. The van der Waals surface area contributed by atoms with Crippen LogP contribution in [0.4, 0.5) is 0 Å². The molecular weight excluding hydrogens is 290 g/mol. The molecule has 5 heteroatoms. The molecule has 2 heterocycles. The summed E-state index contributed by atoms with van der Waals surface area (Å²) in [6.45, 7) is 3.39. The Balaban J connectivity index is 1.38. The average molecular weight is 317 g/mol. The zero-order valence-electron chi connectivity index (χ0n) is 13.7. The van der Waals surface area contributed by atoms with E-state index < -0.39 is 0 Å². The molecule has 0 spiro atoms. The summed E-state index contributed by atoms with van der Waals surface area (Å²) in [7, 11) is 0. The Bertz CT molecular complexity index is 500. The zero-order chi connectivity index (χ0) is 16.1. The van der Waals surface area contributed by atoms with Crippen molar-refractivity contribution in [1.82, 2.24) is 14.8 Å². The number of carbonyl (C=O) groups excluding carboxylic acids is 1. The number of aromatic nitrogens is 1. The second-order valence-electron chi connectivity index (χ2n) is 6.66. The van der Waals surface area contributed by atoms with Crippen LogP contribution in [0.25, 0.3) is 0 Å². The number of carbonyl (C=O) groups is 1. The summed E-state index contributed by atoms with van der Waals surface area (Å²) in [5, 5.41) is 10.0. The zero-order valence-corrected chi connectivity index (χ0v) is 13.7. The van der Waals surface area contributed by atoms with Crippen LogP contribution in [0, 0.1) is 0 Å². The lowest BCUT2D eigenvalue weighted by atomic mass is 10.1. The molecular formula is C18H27N3O2.